The molecule has 0 aliphatic heterocycles. The first-order valence-corrected chi connectivity index (χ1v) is 7.73. The molecule has 0 radical (unpaired) electrons. The fourth-order valence-corrected chi connectivity index (χ4v) is 2.29. The van der Waals surface area contributed by atoms with E-state index in [1.807, 2.05) is 43.8 Å². The van der Waals surface area contributed by atoms with Crippen LogP contribution >= 0.6 is 11.8 Å². The Hall–Kier alpha value is -1.03. The van der Waals surface area contributed by atoms with E-state index in [-0.39, 0.29) is 6.10 Å². The van der Waals surface area contributed by atoms with Gasteiger partial charge < -0.3 is 15.8 Å². The third-order valence-corrected chi connectivity index (χ3v) is 3.11. The molecule has 0 aromatic heterocycles. The third-order valence-electron chi connectivity index (χ3n) is 2.47. The molecule has 0 amide bonds. The molecule has 0 spiro atoms. The highest BCUT2D eigenvalue weighted by atomic mass is 32.2. The average Bonchev–Trinajstić information content (AvgIpc) is 2.24. The zero-order valence-electron chi connectivity index (χ0n) is 11.7. The second-order valence-electron chi connectivity index (χ2n) is 4.78. The Kier molecular flexibility index (Phi) is 6.19. The standard InChI is InChI=1S/C14H24N2OS/c1-10(2)17-14-8-12(15)7-13(9-14)16-11(3)5-6-18-4/h7-11,16H,5-6,15H2,1-4H3. The number of thioether (sulfide) groups is 1. The van der Waals surface area contributed by atoms with Gasteiger partial charge >= 0.3 is 0 Å². The van der Waals surface area contributed by atoms with Crippen LogP contribution < -0.4 is 15.8 Å². The molecule has 102 valence electrons. The number of hydrogen-bond acceptors (Lipinski definition) is 4. The van der Waals surface area contributed by atoms with Gasteiger partial charge in [0.1, 0.15) is 5.75 Å². The zero-order valence-corrected chi connectivity index (χ0v) is 12.5. The number of nitrogen functional groups attached to an aromatic ring is 1. The molecule has 0 bridgehead atoms. The van der Waals surface area contributed by atoms with Crippen LogP contribution in [0, 0.1) is 0 Å². The summed E-state index contributed by atoms with van der Waals surface area (Å²) in [5.41, 5.74) is 7.64. The number of rotatable bonds is 7. The normalized spacial score (nSPS) is 12.5. The number of nitrogens with one attached hydrogen (secondary N) is 1. The largest absolute Gasteiger partial charge is 0.491 e. The molecule has 0 aliphatic carbocycles. The minimum Gasteiger partial charge on any atom is -0.491 e. The molecule has 1 rings (SSSR count). The molecule has 1 unspecified atom stereocenters. The molecule has 0 fully saturated rings. The van der Waals surface area contributed by atoms with E-state index < -0.39 is 0 Å². The van der Waals surface area contributed by atoms with Crippen LogP contribution in [0.2, 0.25) is 0 Å². The topological polar surface area (TPSA) is 47.3 Å². The van der Waals surface area contributed by atoms with Gasteiger partial charge in [0.15, 0.2) is 0 Å². The number of hydrogen-bond donors (Lipinski definition) is 2. The highest BCUT2D eigenvalue weighted by Gasteiger charge is 2.05. The minimum atomic E-state index is 0.161. The Morgan fingerprint density at radius 2 is 2.00 bits per heavy atom. The predicted octanol–water partition coefficient (Wildman–Crippen LogP) is 3.61. The molecule has 1 aromatic rings. The van der Waals surface area contributed by atoms with Gasteiger partial charge in [0.2, 0.25) is 0 Å². The number of anilines is 2. The Balaban J connectivity index is 2.67. The lowest BCUT2D eigenvalue weighted by Gasteiger charge is -2.17. The first-order chi connectivity index (χ1) is 8.51. The van der Waals surface area contributed by atoms with Gasteiger partial charge in [-0.3, -0.25) is 0 Å². The van der Waals surface area contributed by atoms with E-state index in [0.717, 1.165) is 29.3 Å². The van der Waals surface area contributed by atoms with Crippen molar-refractivity contribution in [3.05, 3.63) is 18.2 Å². The molecule has 0 heterocycles. The Morgan fingerprint density at radius 1 is 1.28 bits per heavy atom. The fraction of sp³-hybridized carbons (Fsp3) is 0.571. The Morgan fingerprint density at radius 3 is 2.61 bits per heavy atom. The van der Waals surface area contributed by atoms with Crippen molar-refractivity contribution in [3.8, 4) is 5.75 Å². The van der Waals surface area contributed by atoms with Crippen LogP contribution in [-0.2, 0) is 0 Å². The molecule has 1 aromatic carbocycles. The fourth-order valence-electron chi connectivity index (χ4n) is 1.70. The van der Waals surface area contributed by atoms with Gasteiger partial charge in [0.05, 0.1) is 6.10 Å². The number of ether oxygens (including phenoxy) is 1. The van der Waals surface area contributed by atoms with E-state index in [0.29, 0.717) is 6.04 Å². The Bertz CT molecular complexity index is 369. The predicted molar refractivity (Wildman–Crippen MR) is 82.7 cm³/mol. The lowest BCUT2D eigenvalue weighted by molar-refractivity contribution is 0.242. The second kappa shape index (κ2) is 7.41. The first kappa shape index (κ1) is 15.0. The summed E-state index contributed by atoms with van der Waals surface area (Å²) in [6.45, 7) is 6.21. The zero-order chi connectivity index (χ0) is 13.5. The highest BCUT2D eigenvalue weighted by molar-refractivity contribution is 7.98. The van der Waals surface area contributed by atoms with Crippen molar-refractivity contribution < 1.29 is 4.74 Å². The van der Waals surface area contributed by atoms with Crippen LogP contribution in [0.25, 0.3) is 0 Å². The van der Waals surface area contributed by atoms with Crippen molar-refractivity contribution in [2.75, 3.05) is 23.1 Å². The summed E-state index contributed by atoms with van der Waals surface area (Å²) in [5.74, 6) is 1.98. The van der Waals surface area contributed by atoms with Crippen molar-refractivity contribution in [1.82, 2.24) is 0 Å². The summed E-state index contributed by atoms with van der Waals surface area (Å²) in [6.07, 6.45) is 3.42. The quantitative estimate of drug-likeness (QED) is 0.742. The van der Waals surface area contributed by atoms with Crippen molar-refractivity contribution in [1.29, 1.82) is 0 Å². The van der Waals surface area contributed by atoms with Crippen LogP contribution in [0.3, 0.4) is 0 Å². The highest BCUT2D eigenvalue weighted by Crippen LogP contribution is 2.24. The molecule has 3 N–H and O–H groups in total. The smallest absolute Gasteiger partial charge is 0.123 e. The van der Waals surface area contributed by atoms with Gasteiger partial charge in [-0.25, -0.2) is 0 Å². The van der Waals surface area contributed by atoms with E-state index in [1.165, 1.54) is 0 Å². The molecule has 0 saturated heterocycles. The first-order valence-electron chi connectivity index (χ1n) is 6.34. The van der Waals surface area contributed by atoms with Gasteiger partial charge in [-0.2, -0.15) is 11.8 Å². The van der Waals surface area contributed by atoms with Gasteiger partial charge in [0, 0.05) is 29.5 Å². The maximum absolute atomic E-state index is 5.89. The van der Waals surface area contributed by atoms with E-state index >= 15 is 0 Å². The van der Waals surface area contributed by atoms with Gasteiger partial charge in [-0.05, 0) is 45.3 Å². The maximum atomic E-state index is 5.89. The van der Waals surface area contributed by atoms with Crippen LogP contribution in [0.15, 0.2) is 18.2 Å². The minimum absolute atomic E-state index is 0.161. The summed E-state index contributed by atoms with van der Waals surface area (Å²) < 4.78 is 5.67. The van der Waals surface area contributed by atoms with Crippen LogP contribution in [0.5, 0.6) is 5.75 Å². The van der Waals surface area contributed by atoms with E-state index in [2.05, 4.69) is 18.5 Å². The van der Waals surface area contributed by atoms with E-state index in [9.17, 15) is 0 Å². The number of nitrogens with two attached hydrogens (primary N) is 1. The molecular weight excluding hydrogens is 244 g/mol. The van der Waals surface area contributed by atoms with Crippen LogP contribution in [-0.4, -0.2) is 24.2 Å². The molecule has 1 atom stereocenters. The van der Waals surface area contributed by atoms with Crippen molar-refractivity contribution in [2.24, 2.45) is 0 Å². The Labute approximate surface area is 114 Å². The second-order valence-corrected chi connectivity index (χ2v) is 5.77. The summed E-state index contributed by atoms with van der Waals surface area (Å²) in [6, 6.07) is 6.25. The summed E-state index contributed by atoms with van der Waals surface area (Å²) in [4.78, 5) is 0. The monoisotopic (exact) mass is 268 g/mol. The lowest BCUT2D eigenvalue weighted by Crippen LogP contribution is -2.16. The third kappa shape index (κ3) is 5.54. The molecule has 0 aliphatic rings. The molecular formula is C14H24N2OS. The van der Waals surface area contributed by atoms with Gasteiger partial charge in [0.25, 0.3) is 0 Å². The summed E-state index contributed by atoms with van der Waals surface area (Å²) >= 11 is 1.87. The molecule has 18 heavy (non-hydrogen) atoms. The molecule has 4 heteroatoms. The molecule has 0 saturated carbocycles. The maximum Gasteiger partial charge on any atom is 0.123 e. The van der Waals surface area contributed by atoms with E-state index in [1.54, 1.807) is 0 Å². The number of benzene rings is 1. The van der Waals surface area contributed by atoms with E-state index in [4.69, 9.17) is 10.5 Å². The van der Waals surface area contributed by atoms with Crippen molar-refractivity contribution in [2.45, 2.75) is 39.3 Å². The average molecular weight is 268 g/mol. The van der Waals surface area contributed by atoms with Gasteiger partial charge in [-0.1, -0.05) is 0 Å². The van der Waals surface area contributed by atoms with Gasteiger partial charge in [-0.15, -0.1) is 0 Å². The molecule has 3 nitrogen and oxygen atoms in total. The summed E-state index contributed by atoms with van der Waals surface area (Å²) in [5, 5.41) is 3.46. The van der Waals surface area contributed by atoms with Crippen LogP contribution in [0.4, 0.5) is 11.4 Å². The van der Waals surface area contributed by atoms with Crippen molar-refractivity contribution in [3.63, 3.8) is 0 Å². The van der Waals surface area contributed by atoms with Crippen LogP contribution in [0.1, 0.15) is 27.2 Å². The SMILES string of the molecule is CSCCC(C)Nc1cc(N)cc(OC(C)C)c1. The van der Waals surface area contributed by atoms with Crippen molar-refractivity contribution >= 4 is 23.1 Å². The summed E-state index contributed by atoms with van der Waals surface area (Å²) in [7, 11) is 0. The lowest BCUT2D eigenvalue weighted by atomic mass is 10.2.